The fraction of sp³-hybridized carbons (Fsp3) is 1.00. The summed E-state index contributed by atoms with van der Waals surface area (Å²) in [5, 5.41) is 1.28. The van der Waals surface area contributed by atoms with Crippen LogP contribution in [0.3, 0.4) is 0 Å². The third kappa shape index (κ3) is 6.62. The second-order valence-electron chi connectivity index (χ2n) is 4.17. The first-order chi connectivity index (χ1) is 5.56. The SMILES string of the molecule is CCO[NH+](CC(C)C)CC(C)C. The topological polar surface area (TPSA) is 13.7 Å². The van der Waals surface area contributed by atoms with Crippen molar-refractivity contribution in [3.05, 3.63) is 0 Å². The average molecular weight is 174 g/mol. The fourth-order valence-corrected chi connectivity index (χ4v) is 1.32. The number of rotatable bonds is 6. The minimum absolute atomic E-state index is 0.713. The second kappa shape index (κ2) is 6.44. The summed E-state index contributed by atoms with van der Waals surface area (Å²) in [5.41, 5.74) is 0. The molecule has 2 nitrogen and oxygen atoms in total. The Balaban J connectivity index is 3.69. The molecule has 0 saturated carbocycles. The molecule has 0 bridgehead atoms. The number of hydrogen-bond acceptors (Lipinski definition) is 1. The maximum absolute atomic E-state index is 5.58. The van der Waals surface area contributed by atoms with Gasteiger partial charge >= 0.3 is 0 Å². The molecule has 0 aromatic heterocycles. The molecule has 0 radical (unpaired) electrons. The van der Waals surface area contributed by atoms with E-state index in [2.05, 4.69) is 34.6 Å². The van der Waals surface area contributed by atoms with Crippen LogP contribution in [0.25, 0.3) is 0 Å². The van der Waals surface area contributed by atoms with E-state index in [1.807, 2.05) is 0 Å². The van der Waals surface area contributed by atoms with Crippen LogP contribution < -0.4 is 5.06 Å². The van der Waals surface area contributed by atoms with Crippen LogP contribution in [0.2, 0.25) is 0 Å². The molecule has 0 rings (SSSR count). The van der Waals surface area contributed by atoms with Crippen molar-refractivity contribution in [1.29, 1.82) is 0 Å². The molecule has 2 heteroatoms. The van der Waals surface area contributed by atoms with Gasteiger partial charge < -0.3 is 0 Å². The van der Waals surface area contributed by atoms with Gasteiger partial charge in [-0.05, 0) is 6.92 Å². The lowest BCUT2D eigenvalue weighted by Crippen LogP contribution is -3.12. The molecule has 1 N–H and O–H groups in total. The Morgan fingerprint density at radius 3 is 1.67 bits per heavy atom. The van der Waals surface area contributed by atoms with Crippen molar-refractivity contribution in [1.82, 2.24) is 0 Å². The molecule has 0 spiro atoms. The Morgan fingerprint density at radius 2 is 1.42 bits per heavy atom. The van der Waals surface area contributed by atoms with E-state index in [0.29, 0.717) is 11.8 Å². The predicted octanol–water partition coefficient (Wildman–Crippen LogP) is 1.13. The first kappa shape index (κ1) is 11.9. The highest BCUT2D eigenvalue weighted by Gasteiger charge is 2.12. The molecule has 0 aromatic carbocycles. The van der Waals surface area contributed by atoms with Gasteiger partial charge in [0, 0.05) is 11.8 Å². The zero-order valence-electron chi connectivity index (χ0n) is 9.18. The summed E-state index contributed by atoms with van der Waals surface area (Å²) in [4.78, 5) is 5.58. The van der Waals surface area contributed by atoms with Gasteiger partial charge in [-0.25, -0.2) is 4.84 Å². The summed E-state index contributed by atoms with van der Waals surface area (Å²) in [6, 6.07) is 0. The van der Waals surface area contributed by atoms with E-state index in [9.17, 15) is 0 Å². The van der Waals surface area contributed by atoms with Crippen molar-refractivity contribution >= 4 is 0 Å². The smallest absolute Gasteiger partial charge is 0.109 e. The monoisotopic (exact) mass is 174 g/mol. The molecule has 12 heavy (non-hydrogen) atoms. The fourth-order valence-electron chi connectivity index (χ4n) is 1.32. The molecular weight excluding hydrogens is 150 g/mol. The summed E-state index contributed by atoms with van der Waals surface area (Å²) < 4.78 is 0. The molecule has 0 amide bonds. The maximum Gasteiger partial charge on any atom is 0.109 e. The number of hydroxylamine groups is 2. The summed E-state index contributed by atoms with van der Waals surface area (Å²) >= 11 is 0. The zero-order chi connectivity index (χ0) is 9.56. The third-order valence-corrected chi connectivity index (χ3v) is 1.62. The molecule has 0 aliphatic heterocycles. The first-order valence-electron chi connectivity index (χ1n) is 5.03. The van der Waals surface area contributed by atoms with E-state index < -0.39 is 0 Å². The molecule has 74 valence electrons. The minimum Gasteiger partial charge on any atom is -0.205 e. The highest BCUT2D eigenvalue weighted by atomic mass is 16.7. The lowest BCUT2D eigenvalue weighted by molar-refractivity contribution is -1.09. The summed E-state index contributed by atoms with van der Waals surface area (Å²) in [6.07, 6.45) is 0. The lowest BCUT2D eigenvalue weighted by Gasteiger charge is -2.20. The van der Waals surface area contributed by atoms with Crippen LogP contribution in [0.5, 0.6) is 0 Å². The molecule has 0 heterocycles. The van der Waals surface area contributed by atoms with Crippen LogP contribution in [-0.4, -0.2) is 19.7 Å². The van der Waals surface area contributed by atoms with Crippen LogP contribution in [-0.2, 0) is 4.84 Å². The van der Waals surface area contributed by atoms with Crippen LogP contribution in [0, 0.1) is 11.8 Å². The Bertz CT molecular complexity index is 92.0. The van der Waals surface area contributed by atoms with Crippen LogP contribution in [0.4, 0.5) is 0 Å². The van der Waals surface area contributed by atoms with E-state index in [-0.39, 0.29) is 0 Å². The van der Waals surface area contributed by atoms with Gasteiger partial charge in [-0.1, -0.05) is 27.7 Å². The Kier molecular flexibility index (Phi) is 6.39. The van der Waals surface area contributed by atoms with Crippen molar-refractivity contribution < 1.29 is 9.90 Å². The molecule has 0 fully saturated rings. The Morgan fingerprint density at radius 1 is 1.00 bits per heavy atom. The van der Waals surface area contributed by atoms with Crippen molar-refractivity contribution in [2.45, 2.75) is 34.6 Å². The van der Waals surface area contributed by atoms with E-state index in [1.54, 1.807) is 0 Å². The molecule has 0 aromatic rings. The molecule has 0 unspecified atom stereocenters. The Hall–Kier alpha value is -0.0800. The van der Waals surface area contributed by atoms with E-state index in [4.69, 9.17) is 4.84 Å². The van der Waals surface area contributed by atoms with E-state index in [1.165, 1.54) is 5.06 Å². The molecule has 0 atom stereocenters. The van der Waals surface area contributed by atoms with Gasteiger partial charge in [0.2, 0.25) is 0 Å². The normalized spacial score (nSPS) is 12.0. The van der Waals surface area contributed by atoms with Gasteiger partial charge in [-0.2, -0.15) is 5.06 Å². The minimum atomic E-state index is 0.713. The molecule has 0 aliphatic rings. The molecular formula is C10H24NO+. The second-order valence-corrected chi connectivity index (χ2v) is 4.17. The third-order valence-electron chi connectivity index (χ3n) is 1.62. The van der Waals surface area contributed by atoms with Gasteiger partial charge in [-0.3, -0.25) is 0 Å². The predicted molar refractivity (Wildman–Crippen MR) is 52.0 cm³/mol. The Labute approximate surface area is 76.9 Å². The number of hydrogen-bond donors (Lipinski definition) is 1. The summed E-state index contributed by atoms with van der Waals surface area (Å²) in [7, 11) is 0. The van der Waals surface area contributed by atoms with Crippen molar-refractivity contribution in [2.75, 3.05) is 19.7 Å². The van der Waals surface area contributed by atoms with E-state index in [0.717, 1.165) is 19.7 Å². The standard InChI is InChI=1S/C10H23NO/c1-6-12-11(7-9(2)3)8-10(4)5/h9-10H,6-8H2,1-5H3/p+1. The lowest BCUT2D eigenvalue weighted by atomic mass is 10.2. The maximum atomic E-state index is 5.58. The van der Waals surface area contributed by atoms with Crippen molar-refractivity contribution in [2.24, 2.45) is 11.8 Å². The summed E-state index contributed by atoms with van der Waals surface area (Å²) in [6.45, 7) is 14.0. The quantitative estimate of drug-likeness (QED) is 0.596. The highest BCUT2D eigenvalue weighted by molar-refractivity contribution is 4.39. The van der Waals surface area contributed by atoms with Gasteiger partial charge in [0.05, 0.1) is 0 Å². The van der Waals surface area contributed by atoms with Crippen LogP contribution in [0.1, 0.15) is 34.6 Å². The van der Waals surface area contributed by atoms with Gasteiger partial charge in [0.15, 0.2) is 0 Å². The van der Waals surface area contributed by atoms with Gasteiger partial charge in [0.1, 0.15) is 19.7 Å². The average Bonchev–Trinajstić information content (AvgIpc) is 1.84. The highest BCUT2D eigenvalue weighted by Crippen LogP contribution is 1.88. The van der Waals surface area contributed by atoms with Crippen LogP contribution in [0.15, 0.2) is 0 Å². The number of nitrogens with one attached hydrogen (secondary N) is 1. The van der Waals surface area contributed by atoms with Crippen molar-refractivity contribution in [3.63, 3.8) is 0 Å². The largest absolute Gasteiger partial charge is 0.205 e. The number of quaternary nitrogens is 1. The van der Waals surface area contributed by atoms with E-state index >= 15 is 0 Å². The van der Waals surface area contributed by atoms with Gasteiger partial charge in [-0.15, -0.1) is 0 Å². The van der Waals surface area contributed by atoms with Crippen molar-refractivity contribution in [3.8, 4) is 0 Å². The zero-order valence-corrected chi connectivity index (χ0v) is 9.18. The molecule has 0 aliphatic carbocycles. The van der Waals surface area contributed by atoms with Gasteiger partial charge in [0.25, 0.3) is 0 Å². The summed E-state index contributed by atoms with van der Waals surface area (Å²) in [5.74, 6) is 1.43. The molecule has 0 saturated heterocycles. The van der Waals surface area contributed by atoms with Crippen LogP contribution >= 0.6 is 0 Å². The first-order valence-corrected chi connectivity index (χ1v) is 5.03.